The number of aliphatic hydroxyl groups is 1. The van der Waals surface area contributed by atoms with Crippen molar-refractivity contribution in [2.45, 2.75) is 12.3 Å². The van der Waals surface area contributed by atoms with Crippen LogP contribution in [0, 0.1) is 0 Å². The van der Waals surface area contributed by atoms with Crippen molar-refractivity contribution in [2.75, 3.05) is 18.5 Å². The van der Waals surface area contributed by atoms with Crippen molar-refractivity contribution < 1.29 is 5.11 Å². The molecule has 0 bridgehead atoms. The Morgan fingerprint density at radius 3 is 2.54 bits per heavy atom. The summed E-state index contributed by atoms with van der Waals surface area (Å²) in [4.78, 5) is 12.7. The molecule has 0 saturated carbocycles. The summed E-state index contributed by atoms with van der Waals surface area (Å²) in [7, 11) is 0. The molecule has 0 aliphatic rings. The Kier molecular flexibility index (Phi) is 6.97. The maximum Gasteiger partial charge on any atom is 0.292 e. The first-order valence-electron chi connectivity index (χ1n) is 8.64. The molecule has 3 rings (SSSR count). The van der Waals surface area contributed by atoms with Gasteiger partial charge in [0.1, 0.15) is 5.02 Å². The molecule has 1 heterocycles. The minimum atomic E-state index is -0.491. The lowest BCUT2D eigenvalue weighted by Gasteiger charge is -2.18. The van der Waals surface area contributed by atoms with Gasteiger partial charge in [-0.1, -0.05) is 65.1 Å². The molecule has 0 aliphatic heterocycles. The van der Waals surface area contributed by atoms with E-state index in [0.717, 1.165) is 10.2 Å². The van der Waals surface area contributed by atoms with Crippen LogP contribution in [0.15, 0.2) is 59.5 Å². The fourth-order valence-corrected chi connectivity index (χ4v) is 3.57. The quantitative estimate of drug-likeness (QED) is 0.557. The van der Waals surface area contributed by atoms with Crippen LogP contribution in [0.25, 0.3) is 5.69 Å². The Morgan fingerprint density at radius 2 is 1.86 bits per heavy atom. The smallest absolute Gasteiger partial charge is 0.292 e. The summed E-state index contributed by atoms with van der Waals surface area (Å²) in [5, 5.41) is 17.5. The average molecular weight is 439 g/mol. The van der Waals surface area contributed by atoms with Gasteiger partial charge in [-0.15, -0.1) is 0 Å². The molecule has 0 saturated heterocycles. The van der Waals surface area contributed by atoms with Crippen LogP contribution in [0.4, 0.5) is 5.69 Å². The van der Waals surface area contributed by atoms with E-state index in [2.05, 4.69) is 10.4 Å². The average Bonchev–Trinajstić information content (AvgIpc) is 2.69. The van der Waals surface area contributed by atoms with Crippen LogP contribution < -0.4 is 10.9 Å². The summed E-state index contributed by atoms with van der Waals surface area (Å²) < 4.78 is 1.13. The molecule has 28 heavy (non-hydrogen) atoms. The Balaban J connectivity index is 1.84. The number of aliphatic hydroxyl groups excluding tert-OH is 1. The zero-order chi connectivity index (χ0) is 20.1. The molecule has 0 fully saturated rings. The third kappa shape index (κ3) is 4.67. The molecule has 1 unspecified atom stereocenters. The maximum absolute atomic E-state index is 12.7. The number of hydrogen-bond acceptors (Lipinski definition) is 4. The van der Waals surface area contributed by atoms with Crippen LogP contribution in [-0.2, 0) is 0 Å². The first kappa shape index (κ1) is 20.7. The zero-order valence-electron chi connectivity index (χ0n) is 14.8. The minimum Gasteiger partial charge on any atom is -0.396 e. The van der Waals surface area contributed by atoms with Gasteiger partial charge in [-0.05, 0) is 30.2 Å². The zero-order valence-corrected chi connectivity index (χ0v) is 17.0. The van der Waals surface area contributed by atoms with E-state index in [9.17, 15) is 9.90 Å². The molecule has 8 heteroatoms. The SMILES string of the molecule is O=c1c(Cl)c(NCC(CCO)c2ccccc2)cnn1-c1ccc(Cl)cc1Cl. The van der Waals surface area contributed by atoms with Crippen molar-refractivity contribution >= 4 is 40.5 Å². The summed E-state index contributed by atoms with van der Waals surface area (Å²) in [5.74, 6) is 0.0652. The topological polar surface area (TPSA) is 67.2 Å². The van der Waals surface area contributed by atoms with Gasteiger partial charge in [-0.25, -0.2) is 0 Å². The summed E-state index contributed by atoms with van der Waals surface area (Å²) in [6, 6.07) is 14.6. The van der Waals surface area contributed by atoms with Gasteiger partial charge in [0.2, 0.25) is 0 Å². The number of halogens is 3. The number of nitrogens with one attached hydrogen (secondary N) is 1. The highest BCUT2D eigenvalue weighted by molar-refractivity contribution is 6.36. The van der Waals surface area contributed by atoms with Crippen LogP contribution in [0.5, 0.6) is 0 Å². The van der Waals surface area contributed by atoms with Gasteiger partial charge >= 0.3 is 0 Å². The van der Waals surface area contributed by atoms with Crippen LogP contribution in [-0.4, -0.2) is 28.0 Å². The first-order valence-corrected chi connectivity index (χ1v) is 9.77. The third-order valence-electron chi connectivity index (χ3n) is 4.34. The second-order valence-electron chi connectivity index (χ2n) is 6.19. The molecule has 3 aromatic rings. The minimum absolute atomic E-state index is 0.0110. The van der Waals surface area contributed by atoms with Crippen LogP contribution in [0.3, 0.4) is 0 Å². The molecule has 1 aromatic heterocycles. The second-order valence-corrected chi connectivity index (χ2v) is 7.41. The van der Waals surface area contributed by atoms with Crippen molar-refractivity contribution in [3.8, 4) is 5.69 Å². The summed E-state index contributed by atoms with van der Waals surface area (Å²) in [5.41, 5.74) is 1.42. The van der Waals surface area contributed by atoms with Crippen molar-refractivity contribution in [3.63, 3.8) is 0 Å². The highest BCUT2D eigenvalue weighted by Gasteiger charge is 2.15. The number of nitrogens with zero attached hydrogens (tertiary/aromatic N) is 2. The Labute approximate surface area is 177 Å². The van der Waals surface area contributed by atoms with Gasteiger partial charge in [0, 0.05) is 24.1 Å². The van der Waals surface area contributed by atoms with Crippen molar-refractivity contribution in [2.24, 2.45) is 0 Å². The van der Waals surface area contributed by atoms with Gasteiger partial charge in [0.25, 0.3) is 5.56 Å². The van der Waals surface area contributed by atoms with Crippen LogP contribution in [0.2, 0.25) is 15.1 Å². The maximum atomic E-state index is 12.7. The molecule has 2 aromatic carbocycles. The third-order valence-corrected chi connectivity index (χ3v) is 5.25. The van der Waals surface area contributed by atoms with Gasteiger partial charge in [0.05, 0.1) is 22.6 Å². The summed E-state index contributed by atoms with van der Waals surface area (Å²) >= 11 is 18.4. The lowest BCUT2D eigenvalue weighted by Crippen LogP contribution is -2.24. The lowest BCUT2D eigenvalue weighted by atomic mass is 9.96. The highest BCUT2D eigenvalue weighted by Crippen LogP contribution is 2.25. The van der Waals surface area contributed by atoms with E-state index in [1.54, 1.807) is 12.1 Å². The Hall–Kier alpha value is -2.05. The van der Waals surface area contributed by atoms with Crippen LogP contribution >= 0.6 is 34.8 Å². The summed E-state index contributed by atoms with van der Waals surface area (Å²) in [6.07, 6.45) is 2.06. The van der Waals surface area contributed by atoms with E-state index in [4.69, 9.17) is 34.8 Å². The van der Waals surface area contributed by atoms with Gasteiger partial charge in [0.15, 0.2) is 0 Å². The summed E-state index contributed by atoms with van der Waals surface area (Å²) in [6.45, 7) is 0.557. The lowest BCUT2D eigenvalue weighted by molar-refractivity contribution is 0.277. The van der Waals surface area contributed by atoms with E-state index in [0.29, 0.717) is 34.4 Å². The van der Waals surface area contributed by atoms with E-state index in [1.165, 1.54) is 12.3 Å². The van der Waals surface area contributed by atoms with E-state index in [1.807, 2.05) is 30.3 Å². The Bertz CT molecular complexity index is 1010. The molecular formula is C20H18Cl3N3O2. The second kappa shape index (κ2) is 9.43. The van der Waals surface area contributed by atoms with Gasteiger partial charge in [-0.2, -0.15) is 9.78 Å². The predicted molar refractivity (Wildman–Crippen MR) is 114 cm³/mol. The van der Waals surface area contributed by atoms with Gasteiger partial charge < -0.3 is 10.4 Å². The molecule has 5 nitrogen and oxygen atoms in total. The highest BCUT2D eigenvalue weighted by atomic mass is 35.5. The molecular weight excluding hydrogens is 421 g/mol. The number of rotatable bonds is 7. The number of benzene rings is 2. The fourth-order valence-electron chi connectivity index (χ4n) is 2.88. The monoisotopic (exact) mass is 437 g/mol. The molecule has 1 atom stereocenters. The molecule has 2 N–H and O–H groups in total. The molecule has 0 radical (unpaired) electrons. The largest absolute Gasteiger partial charge is 0.396 e. The molecule has 0 aliphatic carbocycles. The van der Waals surface area contributed by atoms with E-state index < -0.39 is 5.56 Å². The molecule has 0 amide bonds. The number of hydrogen-bond donors (Lipinski definition) is 2. The predicted octanol–water partition coefficient (Wildman–Crippen LogP) is 4.77. The Morgan fingerprint density at radius 1 is 1.11 bits per heavy atom. The van der Waals surface area contributed by atoms with E-state index in [-0.39, 0.29) is 17.5 Å². The van der Waals surface area contributed by atoms with Crippen LogP contribution in [0.1, 0.15) is 17.9 Å². The molecule has 0 spiro atoms. The van der Waals surface area contributed by atoms with Crippen molar-refractivity contribution in [3.05, 3.63) is 85.7 Å². The molecule has 146 valence electrons. The fraction of sp³-hybridized carbons (Fsp3) is 0.200. The van der Waals surface area contributed by atoms with Crippen molar-refractivity contribution in [1.29, 1.82) is 0 Å². The number of anilines is 1. The van der Waals surface area contributed by atoms with Gasteiger partial charge in [-0.3, -0.25) is 4.79 Å². The first-order chi connectivity index (χ1) is 13.5. The van der Waals surface area contributed by atoms with E-state index >= 15 is 0 Å². The normalized spacial score (nSPS) is 12.0. The number of aromatic nitrogens is 2. The van der Waals surface area contributed by atoms with Crippen molar-refractivity contribution in [1.82, 2.24) is 9.78 Å². The standard InChI is InChI=1S/C20H18Cl3N3O2/c21-15-6-7-18(16(22)10-15)26-20(28)19(23)17(12-25-26)24-11-14(8-9-27)13-4-2-1-3-5-13/h1-7,10,12,14,24,27H,8-9,11H2.